The largest absolute Gasteiger partial charge is 0.355 e. The number of piperazine rings is 1. The standard InChI is InChI=1S/C20H31N3O2S/c1-5-6-21-18(24)13-22-7-9-23(10-8-22)19(25)14-26-20-16(3)11-15(2)12-17(20)4/h11-12H,5-10,13-14H2,1-4H3,(H,21,24). The van der Waals surface area contributed by atoms with Crippen LogP contribution in [0.3, 0.4) is 0 Å². The summed E-state index contributed by atoms with van der Waals surface area (Å²) in [6.45, 7) is 12.4. The first kappa shape index (κ1) is 20.8. The van der Waals surface area contributed by atoms with E-state index in [1.54, 1.807) is 11.8 Å². The first-order valence-electron chi connectivity index (χ1n) is 9.38. The van der Waals surface area contributed by atoms with Crippen molar-refractivity contribution in [2.45, 2.75) is 39.0 Å². The highest BCUT2D eigenvalue weighted by molar-refractivity contribution is 8.00. The van der Waals surface area contributed by atoms with Crippen LogP contribution in [0.1, 0.15) is 30.0 Å². The average Bonchev–Trinajstić information content (AvgIpc) is 2.59. The molecule has 144 valence electrons. The van der Waals surface area contributed by atoms with E-state index in [2.05, 4.69) is 43.1 Å². The predicted octanol–water partition coefficient (Wildman–Crippen LogP) is 2.37. The Morgan fingerprint density at radius 1 is 1.08 bits per heavy atom. The Morgan fingerprint density at radius 2 is 1.69 bits per heavy atom. The zero-order valence-corrected chi connectivity index (χ0v) is 17.2. The van der Waals surface area contributed by atoms with Gasteiger partial charge in [0.15, 0.2) is 0 Å². The molecule has 1 heterocycles. The van der Waals surface area contributed by atoms with E-state index in [0.717, 1.165) is 26.1 Å². The van der Waals surface area contributed by atoms with Gasteiger partial charge in [-0.15, -0.1) is 11.8 Å². The molecule has 0 spiro atoms. The van der Waals surface area contributed by atoms with Gasteiger partial charge in [-0.25, -0.2) is 0 Å². The molecule has 0 unspecified atom stereocenters. The lowest BCUT2D eigenvalue weighted by Gasteiger charge is -2.34. The van der Waals surface area contributed by atoms with Crippen molar-refractivity contribution in [2.75, 3.05) is 45.0 Å². The molecule has 0 aromatic heterocycles. The number of benzene rings is 1. The molecule has 1 aliphatic rings. The zero-order chi connectivity index (χ0) is 19.1. The summed E-state index contributed by atoms with van der Waals surface area (Å²) in [5.41, 5.74) is 3.74. The number of carbonyl (C=O) groups is 2. The van der Waals surface area contributed by atoms with E-state index in [-0.39, 0.29) is 11.8 Å². The topological polar surface area (TPSA) is 52.7 Å². The molecule has 5 nitrogen and oxygen atoms in total. The quantitative estimate of drug-likeness (QED) is 0.741. The SMILES string of the molecule is CCCNC(=O)CN1CCN(C(=O)CSc2c(C)cc(C)cc2C)CC1. The molecule has 26 heavy (non-hydrogen) atoms. The molecule has 1 N–H and O–H groups in total. The third kappa shape index (κ3) is 6.02. The van der Waals surface area contributed by atoms with Crippen molar-refractivity contribution in [1.82, 2.24) is 15.1 Å². The molecule has 0 bridgehead atoms. The minimum absolute atomic E-state index is 0.0764. The highest BCUT2D eigenvalue weighted by Crippen LogP contribution is 2.27. The van der Waals surface area contributed by atoms with E-state index in [9.17, 15) is 9.59 Å². The van der Waals surface area contributed by atoms with Gasteiger partial charge in [0, 0.05) is 37.6 Å². The lowest BCUT2D eigenvalue weighted by Crippen LogP contribution is -2.51. The summed E-state index contributed by atoms with van der Waals surface area (Å²) in [5, 5.41) is 2.90. The summed E-state index contributed by atoms with van der Waals surface area (Å²) in [7, 11) is 0. The van der Waals surface area contributed by atoms with E-state index < -0.39 is 0 Å². The maximum atomic E-state index is 12.5. The second-order valence-corrected chi connectivity index (χ2v) is 8.01. The van der Waals surface area contributed by atoms with Crippen LogP contribution < -0.4 is 5.32 Å². The highest BCUT2D eigenvalue weighted by Gasteiger charge is 2.22. The molecule has 2 rings (SSSR count). The molecule has 2 amide bonds. The van der Waals surface area contributed by atoms with Gasteiger partial charge in [-0.1, -0.05) is 24.6 Å². The summed E-state index contributed by atoms with van der Waals surface area (Å²) in [6, 6.07) is 4.34. The Morgan fingerprint density at radius 3 is 2.27 bits per heavy atom. The van der Waals surface area contributed by atoms with Gasteiger partial charge in [0.2, 0.25) is 11.8 Å². The number of amides is 2. The number of thioether (sulfide) groups is 1. The predicted molar refractivity (Wildman–Crippen MR) is 108 cm³/mol. The Labute approximate surface area is 161 Å². The van der Waals surface area contributed by atoms with Gasteiger partial charge in [-0.3, -0.25) is 14.5 Å². The molecule has 6 heteroatoms. The van der Waals surface area contributed by atoms with E-state index in [1.165, 1.54) is 21.6 Å². The number of nitrogens with zero attached hydrogens (tertiary/aromatic N) is 2. The first-order valence-corrected chi connectivity index (χ1v) is 10.4. The summed E-state index contributed by atoms with van der Waals surface area (Å²) in [6.07, 6.45) is 0.950. The molecule has 1 aromatic carbocycles. The van der Waals surface area contributed by atoms with E-state index in [4.69, 9.17) is 0 Å². The summed E-state index contributed by atoms with van der Waals surface area (Å²) in [5.74, 6) is 0.735. The van der Waals surface area contributed by atoms with Crippen molar-refractivity contribution < 1.29 is 9.59 Å². The average molecular weight is 378 g/mol. The number of hydrogen-bond acceptors (Lipinski definition) is 4. The van der Waals surface area contributed by atoms with Gasteiger partial charge in [-0.2, -0.15) is 0 Å². The monoisotopic (exact) mass is 377 g/mol. The second kappa shape index (κ2) is 9.97. The summed E-state index contributed by atoms with van der Waals surface area (Å²) >= 11 is 1.64. The Bertz CT molecular complexity index is 617. The van der Waals surface area contributed by atoms with Gasteiger partial charge in [0.25, 0.3) is 0 Å². The Kier molecular flexibility index (Phi) is 7.97. The molecule has 1 saturated heterocycles. The van der Waals surface area contributed by atoms with Crippen LogP contribution in [0.25, 0.3) is 0 Å². The van der Waals surface area contributed by atoms with E-state index in [1.807, 2.05) is 11.8 Å². The van der Waals surface area contributed by atoms with Crippen molar-refractivity contribution in [2.24, 2.45) is 0 Å². The number of carbonyl (C=O) groups excluding carboxylic acids is 2. The fourth-order valence-electron chi connectivity index (χ4n) is 3.30. The van der Waals surface area contributed by atoms with Crippen LogP contribution in [0.2, 0.25) is 0 Å². The van der Waals surface area contributed by atoms with Gasteiger partial charge in [0.05, 0.1) is 12.3 Å². The summed E-state index contributed by atoms with van der Waals surface area (Å²) < 4.78 is 0. The number of aryl methyl sites for hydroxylation is 3. The van der Waals surface area contributed by atoms with Gasteiger partial charge < -0.3 is 10.2 Å². The third-order valence-corrected chi connectivity index (χ3v) is 5.93. The number of nitrogens with one attached hydrogen (secondary N) is 1. The molecular formula is C20H31N3O2S. The second-order valence-electron chi connectivity index (χ2n) is 7.02. The highest BCUT2D eigenvalue weighted by atomic mass is 32.2. The molecule has 0 aliphatic carbocycles. The van der Waals surface area contributed by atoms with Crippen LogP contribution in [-0.2, 0) is 9.59 Å². The van der Waals surface area contributed by atoms with Crippen LogP contribution >= 0.6 is 11.8 Å². The minimum atomic E-state index is 0.0764. The molecule has 0 saturated carbocycles. The third-order valence-electron chi connectivity index (χ3n) is 4.61. The van der Waals surface area contributed by atoms with Gasteiger partial charge >= 0.3 is 0 Å². The van der Waals surface area contributed by atoms with Gasteiger partial charge in [-0.05, 0) is 38.3 Å². The molecule has 1 aliphatic heterocycles. The maximum absolute atomic E-state index is 12.5. The lowest BCUT2D eigenvalue weighted by molar-refractivity contribution is -0.130. The molecule has 0 radical (unpaired) electrons. The normalized spacial score (nSPS) is 15.2. The van der Waals surface area contributed by atoms with E-state index >= 15 is 0 Å². The zero-order valence-electron chi connectivity index (χ0n) is 16.4. The van der Waals surface area contributed by atoms with Crippen LogP contribution in [0.5, 0.6) is 0 Å². The van der Waals surface area contributed by atoms with Crippen LogP contribution in [0, 0.1) is 20.8 Å². The molecule has 1 aromatic rings. The lowest BCUT2D eigenvalue weighted by atomic mass is 10.1. The molecule has 0 atom stereocenters. The summed E-state index contributed by atoms with van der Waals surface area (Å²) in [4.78, 5) is 29.6. The maximum Gasteiger partial charge on any atom is 0.234 e. The van der Waals surface area contributed by atoms with Crippen molar-refractivity contribution in [1.29, 1.82) is 0 Å². The first-order chi connectivity index (χ1) is 12.4. The van der Waals surface area contributed by atoms with Gasteiger partial charge in [0.1, 0.15) is 0 Å². The molecule has 1 fully saturated rings. The number of hydrogen-bond donors (Lipinski definition) is 1. The van der Waals surface area contributed by atoms with E-state index in [0.29, 0.717) is 25.4 Å². The Balaban J connectivity index is 1.77. The smallest absolute Gasteiger partial charge is 0.234 e. The number of rotatable bonds is 7. The van der Waals surface area contributed by atoms with Crippen molar-refractivity contribution in [3.8, 4) is 0 Å². The van der Waals surface area contributed by atoms with Crippen LogP contribution in [-0.4, -0.2) is 66.6 Å². The minimum Gasteiger partial charge on any atom is -0.355 e. The van der Waals surface area contributed by atoms with Crippen LogP contribution in [0.15, 0.2) is 17.0 Å². The van der Waals surface area contributed by atoms with Crippen LogP contribution in [0.4, 0.5) is 0 Å². The van der Waals surface area contributed by atoms with Crippen molar-refractivity contribution in [3.05, 3.63) is 28.8 Å². The fourth-order valence-corrected chi connectivity index (χ4v) is 4.32. The molecular weight excluding hydrogens is 346 g/mol. The fraction of sp³-hybridized carbons (Fsp3) is 0.600. The van der Waals surface area contributed by atoms with Crippen molar-refractivity contribution in [3.63, 3.8) is 0 Å². The van der Waals surface area contributed by atoms with Crippen molar-refractivity contribution >= 4 is 23.6 Å². The Hall–Kier alpha value is -1.53.